The van der Waals surface area contributed by atoms with Crippen LogP contribution in [0.5, 0.6) is 0 Å². The first-order chi connectivity index (χ1) is 22.6. The number of halogens is 18. The summed E-state index contributed by atoms with van der Waals surface area (Å²) in [4.78, 5) is 30.0. The Morgan fingerprint density at radius 2 is 0.340 bits per heavy atom. The maximum Gasteiger partial charge on any atom is 0.435 e. The summed E-state index contributed by atoms with van der Waals surface area (Å²) in [5.41, 5.74) is -30.9. The largest absolute Gasteiger partial charge is 0.435 e. The molecule has 50 heavy (non-hydrogen) atoms. The summed E-state index contributed by atoms with van der Waals surface area (Å²) >= 11 is 0. The van der Waals surface area contributed by atoms with Gasteiger partial charge in [-0.3, -0.25) is 0 Å². The van der Waals surface area contributed by atoms with Crippen molar-refractivity contribution in [2.24, 2.45) is 0 Å². The van der Waals surface area contributed by atoms with Crippen LogP contribution in [0.25, 0.3) is 55.7 Å². The van der Waals surface area contributed by atoms with E-state index in [1.54, 1.807) is 0 Å². The number of benzene rings is 1. The third kappa shape index (κ3) is 5.63. The van der Waals surface area contributed by atoms with Gasteiger partial charge in [0.15, 0.2) is 56.8 Å². The molecule has 264 valence electrons. The summed E-state index contributed by atoms with van der Waals surface area (Å²) in [5, 5.41) is 0. The Bertz CT molecular complexity index is 2240. The molecule has 0 N–H and O–H groups in total. The molecule has 0 radical (unpaired) electrons. The van der Waals surface area contributed by atoms with Crippen molar-refractivity contribution in [1.82, 2.24) is 49.8 Å². The molecule has 0 unspecified atom stereocenters. The van der Waals surface area contributed by atoms with Crippen LogP contribution in [0.1, 0.15) is 34.2 Å². The molecule has 0 aliphatic carbocycles. The molecule has 5 heterocycles. The van der Waals surface area contributed by atoms with Gasteiger partial charge in [0, 0.05) is 0 Å². The second-order valence-corrected chi connectivity index (χ2v) is 9.58. The Morgan fingerprint density at radius 1 is 0.200 bits per heavy atom. The van der Waals surface area contributed by atoms with E-state index in [4.69, 9.17) is 0 Å². The number of aromatic nitrogens is 10. The molecule has 28 heteroatoms. The van der Waals surface area contributed by atoms with Gasteiger partial charge in [0.1, 0.15) is 33.1 Å². The van der Waals surface area contributed by atoms with Crippen LogP contribution >= 0.6 is 0 Å². The normalized spacial score (nSPS) is 14.2. The topological polar surface area (TPSA) is 129 Å². The van der Waals surface area contributed by atoms with Crippen LogP contribution in [0.2, 0.25) is 0 Å². The zero-order valence-electron chi connectivity index (χ0n) is 22.3. The van der Waals surface area contributed by atoms with Crippen LogP contribution in [0.15, 0.2) is 0 Å². The Morgan fingerprint density at radius 3 is 0.500 bits per heavy atom. The average Bonchev–Trinajstić information content (AvgIpc) is 2.94. The van der Waals surface area contributed by atoms with Crippen LogP contribution < -0.4 is 0 Å². The molecule has 0 saturated heterocycles. The van der Waals surface area contributed by atoms with Gasteiger partial charge in [-0.1, -0.05) is 0 Å². The lowest BCUT2D eigenvalue weighted by Gasteiger charge is -2.17. The van der Waals surface area contributed by atoms with Gasteiger partial charge in [0.2, 0.25) is 0 Å². The predicted octanol–water partition coefficient (Wildman–Crippen LogP) is 7.52. The molecule has 6 aromatic rings. The number of rotatable bonds is 0. The minimum Gasteiger partial charge on any atom is -0.237 e. The summed E-state index contributed by atoms with van der Waals surface area (Å²) in [6, 6.07) is 0. The number of fused-ring (bicyclic) bond motifs is 8. The SMILES string of the molecule is FC(F)(F)c1nc2nc3c4nc(C(F)(F)F)c(C(F)(F)F)nc4c4nc5nc(C(F)(F)F)c(C(F)(F)F)nc5nc4c3nc2nc1C(F)(F)F. The Kier molecular flexibility index (Phi) is 6.98. The van der Waals surface area contributed by atoms with Gasteiger partial charge in [0.05, 0.1) is 0 Å². The zero-order chi connectivity index (χ0) is 37.3. The smallest absolute Gasteiger partial charge is 0.237 e. The van der Waals surface area contributed by atoms with E-state index in [0.29, 0.717) is 0 Å². The fourth-order valence-corrected chi connectivity index (χ4v) is 4.38. The van der Waals surface area contributed by atoms with E-state index in [2.05, 4.69) is 49.8 Å². The van der Waals surface area contributed by atoms with Crippen LogP contribution in [0.3, 0.4) is 0 Å². The van der Waals surface area contributed by atoms with Crippen LogP contribution in [-0.4, -0.2) is 49.8 Å². The highest BCUT2D eigenvalue weighted by atomic mass is 19.4. The van der Waals surface area contributed by atoms with Crippen LogP contribution in [0.4, 0.5) is 79.0 Å². The van der Waals surface area contributed by atoms with Gasteiger partial charge in [-0.05, 0) is 0 Å². The summed E-state index contributed by atoms with van der Waals surface area (Å²) < 4.78 is 245. The summed E-state index contributed by atoms with van der Waals surface area (Å²) in [5.74, 6) is 0. The third-order valence-electron chi connectivity index (χ3n) is 6.22. The Hall–Kier alpha value is -5.34. The Labute approximate surface area is 256 Å². The molecule has 0 aliphatic rings. The molecule has 0 bridgehead atoms. The van der Waals surface area contributed by atoms with Crippen LogP contribution in [0, 0.1) is 0 Å². The molecule has 0 spiro atoms. The first-order valence-electron chi connectivity index (χ1n) is 12.1. The molecule has 0 aliphatic heterocycles. The molecule has 0 amide bonds. The van der Waals surface area contributed by atoms with Crippen molar-refractivity contribution >= 4 is 55.7 Å². The lowest BCUT2D eigenvalue weighted by atomic mass is 10.1. The predicted molar refractivity (Wildman–Crippen MR) is 122 cm³/mol. The van der Waals surface area contributed by atoms with E-state index < -0.39 is 127 Å². The van der Waals surface area contributed by atoms with Gasteiger partial charge >= 0.3 is 37.1 Å². The minimum atomic E-state index is -6.02. The molecule has 10 nitrogen and oxygen atoms in total. The van der Waals surface area contributed by atoms with Crippen molar-refractivity contribution in [2.75, 3.05) is 0 Å². The fraction of sp³-hybridized carbons (Fsp3) is 0.273. The zero-order valence-corrected chi connectivity index (χ0v) is 22.3. The highest BCUT2D eigenvalue weighted by molar-refractivity contribution is 6.19. The van der Waals surface area contributed by atoms with Crippen molar-refractivity contribution in [3.8, 4) is 0 Å². The number of alkyl halides is 18. The molecule has 6 rings (SSSR count). The molecular formula is C22F18N10. The highest BCUT2D eigenvalue weighted by Crippen LogP contribution is 2.43. The monoisotopic (exact) mass is 746 g/mol. The lowest BCUT2D eigenvalue weighted by Crippen LogP contribution is -2.22. The van der Waals surface area contributed by atoms with Gasteiger partial charge < -0.3 is 0 Å². The third-order valence-corrected chi connectivity index (χ3v) is 6.22. The average molecular weight is 746 g/mol. The fourth-order valence-electron chi connectivity index (χ4n) is 4.38. The molecular weight excluding hydrogens is 746 g/mol. The summed E-state index contributed by atoms with van der Waals surface area (Å²) in [7, 11) is 0. The Balaban J connectivity index is 1.90. The highest BCUT2D eigenvalue weighted by Gasteiger charge is 2.50. The van der Waals surface area contributed by atoms with Crippen molar-refractivity contribution in [2.45, 2.75) is 37.1 Å². The van der Waals surface area contributed by atoms with Crippen molar-refractivity contribution < 1.29 is 79.0 Å². The van der Waals surface area contributed by atoms with E-state index in [1.807, 2.05) is 0 Å². The second-order valence-electron chi connectivity index (χ2n) is 9.58. The van der Waals surface area contributed by atoms with Crippen molar-refractivity contribution in [3.05, 3.63) is 34.2 Å². The van der Waals surface area contributed by atoms with E-state index in [0.717, 1.165) is 0 Å². The van der Waals surface area contributed by atoms with E-state index in [1.165, 1.54) is 0 Å². The van der Waals surface area contributed by atoms with Gasteiger partial charge in [-0.25, -0.2) is 49.8 Å². The first-order valence-corrected chi connectivity index (χ1v) is 12.1. The van der Waals surface area contributed by atoms with Crippen molar-refractivity contribution in [3.63, 3.8) is 0 Å². The maximum absolute atomic E-state index is 13.8. The molecule has 1 aromatic carbocycles. The molecule has 0 fully saturated rings. The minimum absolute atomic E-state index is 1.26. The van der Waals surface area contributed by atoms with Crippen molar-refractivity contribution in [1.29, 1.82) is 0 Å². The first kappa shape index (κ1) is 34.5. The van der Waals surface area contributed by atoms with Crippen LogP contribution in [-0.2, 0) is 37.1 Å². The molecule has 0 atom stereocenters. The molecule has 5 aromatic heterocycles. The van der Waals surface area contributed by atoms with E-state index >= 15 is 0 Å². The van der Waals surface area contributed by atoms with Gasteiger partial charge in [-0.2, -0.15) is 79.0 Å². The summed E-state index contributed by atoms with van der Waals surface area (Å²) in [6.45, 7) is 0. The quantitative estimate of drug-likeness (QED) is 0.0875. The van der Waals surface area contributed by atoms with Gasteiger partial charge in [0.25, 0.3) is 0 Å². The molecule has 0 saturated carbocycles. The number of nitrogens with zero attached hydrogens (tertiary/aromatic N) is 10. The standard InChI is InChI=1S/C22F18N10/c23-17(24,25)7-8(18(26,27)28)42-2-1(41-7)3-5(45-15-13(43-3)47-9(19(29,30)31)11(49-15)21(35,36)37)6-4(2)44-14-16(46-6)50-12(22(38,39)40)10(48-14)20(32,33)34. The van der Waals surface area contributed by atoms with E-state index in [9.17, 15) is 79.0 Å². The maximum atomic E-state index is 13.8. The van der Waals surface area contributed by atoms with E-state index in [-0.39, 0.29) is 0 Å². The number of hydrogen-bond donors (Lipinski definition) is 0. The summed E-state index contributed by atoms with van der Waals surface area (Å²) in [6.07, 6.45) is -35.7. The second kappa shape index (κ2) is 10.1. The van der Waals surface area contributed by atoms with Gasteiger partial charge in [-0.15, -0.1) is 0 Å². The lowest BCUT2D eigenvalue weighted by molar-refractivity contribution is -0.167. The number of hydrogen-bond acceptors (Lipinski definition) is 10.